The number of H-pyrrole nitrogens is 1. The summed E-state index contributed by atoms with van der Waals surface area (Å²) in [5, 5.41) is 10.6. The Morgan fingerprint density at radius 3 is 2.90 bits per heavy atom. The molecule has 1 aromatic carbocycles. The summed E-state index contributed by atoms with van der Waals surface area (Å²) in [6.07, 6.45) is 0.958. The molecule has 0 saturated heterocycles. The van der Waals surface area contributed by atoms with Crippen LogP contribution in [0.3, 0.4) is 0 Å². The molecule has 1 aliphatic rings. The molecule has 0 unspecified atom stereocenters. The Hall–Kier alpha value is -2.21. The molecule has 0 spiro atoms. The number of aromatic amines is 1. The summed E-state index contributed by atoms with van der Waals surface area (Å²) in [6.45, 7) is 3.78. The Kier molecular flexibility index (Phi) is 2.96. The highest BCUT2D eigenvalue weighted by molar-refractivity contribution is 7.18. The molecule has 1 N–H and O–H groups in total. The van der Waals surface area contributed by atoms with Crippen molar-refractivity contribution in [1.82, 2.24) is 20.2 Å². The number of aryl methyl sites for hydroxylation is 1. The summed E-state index contributed by atoms with van der Waals surface area (Å²) in [5.74, 6) is 0.990. The summed E-state index contributed by atoms with van der Waals surface area (Å²) < 4.78 is 0. The first kappa shape index (κ1) is 12.5. The van der Waals surface area contributed by atoms with Gasteiger partial charge in [-0.05, 0) is 6.92 Å². The molecule has 0 saturated carbocycles. The summed E-state index contributed by atoms with van der Waals surface area (Å²) in [6, 6.07) is 10.2. The van der Waals surface area contributed by atoms with Gasteiger partial charge in [0.15, 0.2) is 0 Å². The molecule has 2 aromatic heterocycles. The van der Waals surface area contributed by atoms with Crippen molar-refractivity contribution in [3.05, 3.63) is 47.5 Å². The minimum absolute atomic E-state index is 0.833. The molecule has 6 heteroatoms. The average Bonchev–Trinajstić information content (AvgIpc) is 3.12. The Morgan fingerprint density at radius 1 is 1.19 bits per heavy atom. The van der Waals surface area contributed by atoms with E-state index in [1.165, 1.54) is 11.4 Å². The van der Waals surface area contributed by atoms with Crippen LogP contribution in [0.25, 0.3) is 10.6 Å². The minimum Gasteiger partial charge on any atom is -0.344 e. The number of benzene rings is 1. The van der Waals surface area contributed by atoms with Crippen LogP contribution in [-0.2, 0) is 13.0 Å². The molecule has 3 heterocycles. The van der Waals surface area contributed by atoms with Crippen LogP contribution in [0, 0.1) is 6.92 Å². The fraction of sp³-hybridized carbons (Fsp3) is 0.267. The number of rotatable bonds is 2. The van der Waals surface area contributed by atoms with Crippen molar-refractivity contribution in [3.63, 3.8) is 0 Å². The van der Waals surface area contributed by atoms with Gasteiger partial charge in [-0.1, -0.05) is 41.7 Å². The number of anilines is 1. The zero-order chi connectivity index (χ0) is 14.2. The van der Waals surface area contributed by atoms with Crippen molar-refractivity contribution < 1.29 is 0 Å². The Morgan fingerprint density at radius 2 is 2.05 bits per heavy atom. The predicted octanol–water partition coefficient (Wildman–Crippen LogP) is 2.80. The van der Waals surface area contributed by atoms with Gasteiger partial charge in [-0.15, -0.1) is 10.2 Å². The second-order valence-electron chi connectivity index (χ2n) is 5.17. The van der Waals surface area contributed by atoms with Crippen LogP contribution in [-0.4, -0.2) is 26.7 Å². The van der Waals surface area contributed by atoms with Gasteiger partial charge in [0.2, 0.25) is 5.13 Å². The van der Waals surface area contributed by atoms with Crippen molar-refractivity contribution in [1.29, 1.82) is 0 Å². The lowest BCUT2D eigenvalue weighted by atomic mass is 10.1. The number of fused-ring (bicyclic) bond motifs is 1. The van der Waals surface area contributed by atoms with Gasteiger partial charge in [-0.3, -0.25) is 0 Å². The van der Waals surface area contributed by atoms with Crippen LogP contribution in [0.4, 0.5) is 5.13 Å². The Labute approximate surface area is 126 Å². The topological polar surface area (TPSA) is 57.7 Å². The Bertz CT molecular complexity index is 761. The van der Waals surface area contributed by atoms with Crippen LogP contribution in [0.2, 0.25) is 0 Å². The van der Waals surface area contributed by atoms with Crippen molar-refractivity contribution >= 4 is 16.5 Å². The number of imidazole rings is 1. The number of nitrogens with one attached hydrogen (secondary N) is 1. The summed E-state index contributed by atoms with van der Waals surface area (Å²) in [5.41, 5.74) is 3.52. The normalized spacial score (nSPS) is 14.2. The molecule has 4 rings (SSSR count). The number of nitrogens with zero attached hydrogens (tertiary/aromatic N) is 4. The minimum atomic E-state index is 0.833. The van der Waals surface area contributed by atoms with E-state index in [1.807, 2.05) is 25.1 Å². The molecule has 0 bridgehead atoms. The van der Waals surface area contributed by atoms with Gasteiger partial charge in [-0.25, -0.2) is 4.98 Å². The van der Waals surface area contributed by atoms with E-state index in [2.05, 4.69) is 37.2 Å². The molecule has 3 aromatic rings. The van der Waals surface area contributed by atoms with Gasteiger partial charge in [0.25, 0.3) is 0 Å². The molecule has 5 nitrogen and oxygen atoms in total. The monoisotopic (exact) mass is 297 g/mol. The SMILES string of the molecule is Cc1nc2c([nH]1)CN(c1nnc(-c3ccccc3)s1)CC2. The molecule has 0 atom stereocenters. The molecule has 0 aliphatic carbocycles. The molecule has 106 valence electrons. The molecular weight excluding hydrogens is 282 g/mol. The van der Waals surface area contributed by atoms with Crippen LogP contribution < -0.4 is 4.90 Å². The van der Waals surface area contributed by atoms with Gasteiger partial charge in [0.05, 0.1) is 17.9 Å². The number of hydrogen-bond donors (Lipinski definition) is 1. The molecule has 0 amide bonds. The van der Waals surface area contributed by atoms with Crippen LogP contribution in [0.1, 0.15) is 17.2 Å². The fourth-order valence-corrected chi connectivity index (χ4v) is 3.52. The highest BCUT2D eigenvalue weighted by Gasteiger charge is 2.22. The van der Waals surface area contributed by atoms with Gasteiger partial charge in [0.1, 0.15) is 10.8 Å². The van der Waals surface area contributed by atoms with Crippen molar-refractivity contribution in [2.45, 2.75) is 19.9 Å². The maximum atomic E-state index is 4.52. The van der Waals surface area contributed by atoms with Crippen molar-refractivity contribution in [3.8, 4) is 10.6 Å². The average molecular weight is 297 g/mol. The third-order valence-corrected chi connectivity index (χ3v) is 4.69. The fourth-order valence-electron chi connectivity index (χ4n) is 2.64. The summed E-state index contributed by atoms with van der Waals surface area (Å²) in [7, 11) is 0. The van der Waals surface area contributed by atoms with E-state index in [9.17, 15) is 0 Å². The zero-order valence-electron chi connectivity index (χ0n) is 11.7. The van der Waals surface area contributed by atoms with E-state index in [1.54, 1.807) is 11.3 Å². The summed E-state index contributed by atoms with van der Waals surface area (Å²) in [4.78, 5) is 10.1. The van der Waals surface area contributed by atoms with E-state index in [0.29, 0.717) is 0 Å². The van der Waals surface area contributed by atoms with Crippen molar-refractivity contribution in [2.75, 3.05) is 11.4 Å². The number of hydrogen-bond acceptors (Lipinski definition) is 5. The maximum absolute atomic E-state index is 4.52. The lowest BCUT2D eigenvalue weighted by molar-refractivity contribution is 0.704. The van der Waals surface area contributed by atoms with Gasteiger partial charge in [0, 0.05) is 18.5 Å². The highest BCUT2D eigenvalue weighted by atomic mass is 32.1. The van der Waals surface area contributed by atoms with E-state index in [4.69, 9.17) is 0 Å². The zero-order valence-corrected chi connectivity index (χ0v) is 12.5. The second-order valence-corrected chi connectivity index (χ2v) is 6.13. The van der Waals surface area contributed by atoms with Crippen molar-refractivity contribution in [2.24, 2.45) is 0 Å². The first-order valence-electron chi connectivity index (χ1n) is 6.98. The summed E-state index contributed by atoms with van der Waals surface area (Å²) >= 11 is 1.64. The third-order valence-electron chi connectivity index (χ3n) is 3.66. The maximum Gasteiger partial charge on any atom is 0.208 e. The van der Waals surface area contributed by atoms with Gasteiger partial charge >= 0.3 is 0 Å². The standard InChI is InChI=1S/C15H15N5S/c1-10-16-12-7-8-20(9-13(12)17-10)15-19-18-14(21-15)11-5-3-2-4-6-11/h2-6H,7-9H2,1H3,(H,16,17). The Balaban J connectivity index is 1.60. The predicted molar refractivity (Wildman–Crippen MR) is 83.4 cm³/mol. The second kappa shape index (κ2) is 4.96. The van der Waals surface area contributed by atoms with E-state index in [0.717, 1.165) is 41.0 Å². The van der Waals surface area contributed by atoms with Gasteiger partial charge < -0.3 is 9.88 Å². The number of aromatic nitrogens is 4. The van der Waals surface area contributed by atoms with Crippen LogP contribution in [0.15, 0.2) is 30.3 Å². The van der Waals surface area contributed by atoms with E-state index < -0.39 is 0 Å². The first-order valence-corrected chi connectivity index (χ1v) is 7.79. The third kappa shape index (κ3) is 2.31. The largest absolute Gasteiger partial charge is 0.344 e. The quantitative estimate of drug-likeness (QED) is 0.790. The molecule has 0 radical (unpaired) electrons. The van der Waals surface area contributed by atoms with E-state index >= 15 is 0 Å². The van der Waals surface area contributed by atoms with Gasteiger partial charge in [-0.2, -0.15) is 0 Å². The lowest BCUT2D eigenvalue weighted by Crippen LogP contribution is -2.30. The highest BCUT2D eigenvalue weighted by Crippen LogP contribution is 2.30. The molecular formula is C15H15N5S. The smallest absolute Gasteiger partial charge is 0.208 e. The van der Waals surface area contributed by atoms with E-state index in [-0.39, 0.29) is 0 Å². The molecule has 21 heavy (non-hydrogen) atoms. The van der Waals surface area contributed by atoms with Crippen LogP contribution >= 0.6 is 11.3 Å². The lowest BCUT2D eigenvalue weighted by Gasteiger charge is -2.24. The molecule has 1 aliphatic heterocycles. The molecule has 0 fully saturated rings. The van der Waals surface area contributed by atoms with Crippen LogP contribution in [0.5, 0.6) is 0 Å². The first-order chi connectivity index (χ1) is 10.3.